The predicted octanol–water partition coefficient (Wildman–Crippen LogP) is 6.80. The van der Waals surface area contributed by atoms with Crippen LogP contribution in [0.4, 0.5) is 0 Å². The van der Waals surface area contributed by atoms with Crippen molar-refractivity contribution in [2.24, 2.45) is 11.8 Å². The van der Waals surface area contributed by atoms with Crippen LogP contribution in [0.2, 0.25) is 0 Å². The van der Waals surface area contributed by atoms with Crippen molar-refractivity contribution in [3.05, 3.63) is 43.0 Å². The van der Waals surface area contributed by atoms with E-state index in [1.54, 1.807) is 12.4 Å². The summed E-state index contributed by atoms with van der Waals surface area (Å²) in [6.07, 6.45) is 14.6. The molecule has 0 bridgehead atoms. The number of aromatic amines is 1. The van der Waals surface area contributed by atoms with Gasteiger partial charge in [0.05, 0.1) is 5.69 Å². The summed E-state index contributed by atoms with van der Waals surface area (Å²) in [6.45, 7) is 14.4. The fraction of sp³-hybridized carbons (Fsp3) is 0.545. The summed E-state index contributed by atoms with van der Waals surface area (Å²) in [7, 11) is 0. The molecule has 3 nitrogen and oxygen atoms in total. The molecule has 1 unspecified atom stereocenters. The van der Waals surface area contributed by atoms with Gasteiger partial charge in [-0.25, -0.2) is 9.97 Å². The number of fused-ring (bicyclic) bond motifs is 1. The molecule has 0 spiro atoms. The van der Waals surface area contributed by atoms with Crippen LogP contribution in [0.3, 0.4) is 0 Å². The lowest BCUT2D eigenvalue weighted by Crippen LogP contribution is -2.05. The van der Waals surface area contributed by atoms with E-state index < -0.39 is 0 Å². The van der Waals surface area contributed by atoms with Crippen LogP contribution in [-0.4, -0.2) is 15.0 Å². The molecule has 1 aliphatic rings. The number of nitrogens with zero attached hydrogens (tertiary/aromatic N) is 2. The SMILES string of the molecule is C=C/C(=C\C)c1ncnc2[nH]ccc12.CC.CCC(C)C1CCCC1. The number of aromatic nitrogens is 3. The molecule has 1 aliphatic carbocycles. The first-order chi connectivity index (χ1) is 12.2. The van der Waals surface area contributed by atoms with E-state index in [4.69, 9.17) is 0 Å². The Morgan fingerprint density at radius 3 is 2.56 bits per heavy atom. The first-order valence-corrected chi connectivity index (χ1v) is 9.78. The molecule has 138 valence electrons. The van der Waals surface area contributed by atoms with Gasteiger partial charge in [0.1, 0.15) is 12.0 Å². The lowest BCUT2D eigenvalue weighted by Gasteiger charge is -2.15. The second-order valence-electron chi connectivity index (χ2n) is 6.34. The third-order valence-electron chi connectivity index (χ3n) is 5.01. The summed E-state index contributed by atoms with van der Waals surface area (Å²) in [4.78, 5) is 11.4. The van der Waals surface area contributed by atoms with E-state index in [1.807, 2.05) is 39.1 Å². The van der Waals surface area contributed by atoms with Crippen LogP contribution in [0.1, 0.15) is 72.4 Å². The number of allylic oxidation sites excluding steroid dienone is 3. The molecule has 2 aromatic heterocycles. The standard InChI is InChI=1S/C11H11N3.C9H18.C2H6/c1-3-8(4-2)10-9-5-6-12-11(9)14-7-13-10;1-3-8(2)9-6-4-5-7-9;1-2/h3-7H,1H2,2H3,(H,12,13,14);8-9H,3-7H2,1-2H3;1-2H3/b8-4+;;. The number of hydrogen-bond donors (Lipinski definition) is 1. The second kappa shape index (κ2) is 11.6. The maximum Gasteiger partial charge on any atom is 0.141 e. The lowest BCUT2D eigenvalue weighted by molar-refractivity contribution is 0.357. The maximum atomic E-state index is 4.25. The molecule has 0 amide bonds. The zero-order chi connectivity index (χ0) is 18.7. The minimum Gasteiger partial charge on any atom is -0.346 e. The fourth-order valence-electron chi connectivity index (χ4n) is 3.31. The van der Waals surface area contributed by atoms with E-state index in [0.29, 0.717) is 0 Å². The average molecular weight is 342 g/mol. The highest BCUT2D eigenvalue weighted by atomic mass is 14.9. The largest absolute Gasteiger partial charge is 0.346 e. The van der Waals surface area contributed by atoms with Crippen LogP contribution >= 0.6 is 0 Å². The van der Waals surface area contributed by atoms with Crippen molar-refractivity contribution in [2.75, 3.05) is 0 Å². The van der Waals surface area contributed by atoms with Gasteiger partial charge in [-0.1, -0.05) is 78.5 Å². The van der Waals surface area contributed by atoms with Crippen LogP contribution in [0, 0.1) is 11.8 Å². The fourth-order valence-corrected chi connectivity index (χ4v) is 3.31. The molecule has 3 heteroatoms. The Kier molecular flexibility index (Phi) is 9.83. The van der Waals surface area contributed by atoms with Gasteiger partial charge in [0.2, 0.25) is 0 Å². The van der Waals surface area contributed by atoms with Crippen molar-refractivity contribution < 1.29 is 0 Å². The Morgan fingerprint density at radius 2 is 2.00 bits per heavy atom. The normalized spacial score (nSPS) is 15.8. The molecule has 1 saturated carbocycles. The van der Waals surface area contributed by atoms with Crippen LogP contribution < -0.4 is 0 Å². The van der Waals surface area contributed by atoms with E-state index in [0.717, 1.165) is 34.1 Å². The van der Waals surface area contributed by atoms with Crippen molar-refractivity contribution in [1.82, 2.24) is 15.0 Å². The first kappa shape index (κ1) is 21.1. The van der Waals surface area contributed by atoms with Gasteiger partial charge in [-0.2, -0.15) is 0 Å². The molecule has 0 saturated heterocycles. The zero-order valence-electron chi connectivity index (χ0n) is 16.7. The molecule has 0 aromatic carbocycles. The first-order valence-electron chi connectivity index (χ1n) is 9.78. The van der Waals surface area contributed by atoms with Gasteiger partial charge < -0.3 is 4.98 Å². The highest BCUT2D eigenvalue weighted by Gasteiger charge is 2.19. The number of rotatable bonds is 4. The smallest absolute Gasteiger partial charge is 0.141 e. The summed E-state index contributed by atoms with van der Waals surface area (Å²) in [6, 6.07) is 1.97. The van der Waals surface area contributed by atoms with Crippen molar-refractivity contribution in [3.63, 3.8) is 0 Å². The molecule has 0 radical (unpaired) electrons. The summed E-state index contributed by atoms with van der Waals surface area (Å²) in [5.41, 5.74) is 2.81. The Hall–Kier alpha value is -1.90. The average Bonchev–Trinajstić information content (AvgIpc) is 3.36. The van der Waals surface area contributed by atoms with Crippen LogP contribution in [-0.2, 0) is 0 Å². The number of hydrogen-bond acceptors (Lipinski definition) is 2. The third-order valence-corrected chi connectivity index (χ3v) is 5.01. The van der Waals surface area contributed by atoms with E-state index in [1.165, 1.54) is 32.1 Å². The van der Waals surface area contributed by atoms with Gasteiger partial charge in [-0.15, -0.1) is 0 Å². The molecule has 25 heavy (non-hydrogen) atoms. The molecule has 1 fully saturated rings. The Balaban J connectivity index is 0.000000246. The summed E-state index contributed by atoms with van der Waals surface area (Å²) in [5.74, 6) is 2.07. The topological polar surface area (TPSA) is 41.6 Å². The molecular formula is C22H35N3. The monoisotopic (exact) mass is 341 g/mol. The molecule has 0 aliphatic heterocycles. The Bertz CT molecular complexity index is 648. The van der Waals surface area contributed by atoms with E-state index >= 15 is 0 Å². The van der Waals surface area contributed by atoms with Crippen molar-refractivity contribution in [2.45, 2.75) is 66.7 Å². The van der Waals surface area contributed by atoms with Crippen molar-refractivity contribution in [1.29, 1.82) is 0 Å². The van der Waals surface area contributed by atoms with Crippen LogP contribution in [0.5, 0.6) is 0 Å². The second-order valence-corrected chi connectivity index (χ2v) is 6.34. The molecule has 2 aromatic rings. The van der Waals surface area contributed by atoms with Gasteiger partial charge >= 0.3 is 0 Å². The quantitative estimate of drug-likeness (QED) is 0.621. The summed E-state index contributed by atoms with van der Waals surface area (Å²) >= 11 is 0. The number of H-pyrrole nitrogens is 1. The summed E-state index contributed by atoms with van der Waals surface area (Å²) < 4.78 is 0. The molecule has 1 N–H and O–H groups in total. The van der Waals surface area contributed by atoms with Gasteiger partial charge in [0, 0.05) is 11.6 Å². The predicted molar refractivity (Wildman–Crippen MR) is 110 cm³/mol. The van der Waals surface area contributed by atoms with E-state index in [2.05, 4.69) is 35.4 Å². The zero-order valence-corrected chi connectivity index (χ0v) is 16.7. The summed E-state index contributed by atoms with van der Waals surface area (Å²) in [5, 5.41) is 1.03. The highest BCUT2D eigenvalue weighted by Crippen LogP contribution is 2.32. The van der Waals surface area contributed by atoms with E-state index in [-0.39, 0.29) is 0 Å². The Morgan fingerprint density at radius 1 is 1.32 bits per heavy atom. The van der Waals surface area contributed by atoms with Crippen LogP contribution in [0.25, 0.3) is 16.6 Å². The van der Waals surface area contributed by atoms with Crippen molar-refractivity contribution >= 4 is 16.6 Å². The lowest BCUT2D eigenvalue weighted by atomic mass is 9.91. The van der Waals surface area contributed by atoms with Gasteiger partial charge in [-0.3, -0.25) is 0 Å². The molecule has 1 atom stereocenters. The molecule has 3 rings (SSSR count). The van der Waals surface area contributed by atoms with E-state index in [9.17, 15) is 0 Å². The minimum absolute atomic E-state index is 0.858. The van der Waals surface area contributed by atoms with Crippen LogP contribution in [0.15, 0.2) is 37.3 Å². The minimum atomic E-state index is 0.858. The third kappa shape index (κ3) is 5.84. The highest BCUT2D eigenvalue weighted by molar-refractivity contribution is 5.90. The molecular weight excluding hydrogens is 306 g/mol. The Labute approximate surface area is 153 Å². The van der Waals surface area contributed by atoms with Gasteiger partial charge in [0.25, 0.3) is 0 Å². The number of nitrogens with one attached hydrogen (secondary N) is 1. The molecule has 2 heterocycles. The van der Waals surface area contributed by atoms with Crippen molar-refractivity contribution in [3.8, 4) is 0 Å². The van der Waals surface area contributed by atoms with Gasteiger partial charge in [0.15, 0.2) is 0 Å². The maximum absolute atomic E-state index is 4.25. The van der Waals surface area contributed by atoms with Gasteiger partial charge in [-0.05, 0) is 30.4 Å².